The maximum absolute atomic E-state index is 13.0. The van der Waals surface area contributed by atoms with Gasteiger partial charge < -0.3 is 5.73 Å². The van der Waals surface area contributed by atoms with E-state index in [9.17, 15) is 9.18 Å². The SMILES string of the molecule is CC(CCN)CCC(=O)Cc1cc(F)ccc1Cl. The highest BCUT2D eigenvalue weighted by Gasteiger charge is 2.10. The monoisotopic (exact) mass is 271 g/mol. The molecule has 1 rings (SSSR count). The third-order valence-corrected chi connectivity index (χ3v) is 3.34. The Bertz CT molecular complexity index is 409. The van der Waals surface area contributed by atoms with E-state index in [4.69, 9.17) is 17.3 Å². The molecule has 0 radical (unpaired) electrons. The normalized spacial score (nSPS) is 12.4. The summed E-state index contributed by atoms with van der Waals surface area (Å²) in [6, 6.07) is 4.10. The molecule has 0 fully saturated rings. The average Bonchev–Trinajstić information content (AvgIpc) is 2.32. The zero-order chi connectivity index (χ0) is 13.5. The minimum absolute atomic E-state index is 0.0892. The lowest BCUT2D eigenvalue weighted by atomic mass is 9.98. The smallest absolute Gasteiger partial charge is 0.137 e. The molecule has 1 aromatic carbocycles. The van der Waals surface area contributed by atoms with Gasteiger partial charge in [0.2, 0.25) is 0 Å². The number of ketones is 1. The minimum atomic E-state index is -0.362. The average molecular weight is 272 g/mol. The molecule has 0 saturated carbocycles. The number of carbonyl (C=O) groups excluding carboxylic acids is 1. The maximum Gasteiger partial charge on any atom is 0.137 e. The van der Waals surface area contributed by atoms with Crippen LogP contribution < -0.4 is 5.73 Å². The molecular weight excluding hydrogens is 253 g/mol. The molecule has 0 bridgehead atoms. The van der Waals surface area contributed by atoms with Gasteiger partial charge in [0.25, 0.3) is 0 Å². The van der Waals surface area contributed by atoms with Crippen molar-refractivity contribution in [1.82, 2.24) is 0 Å². The summed E-state index contributed by atoms with van der Waals surface area (Å²) in [5.41, 5.74) is 6.01. The van der Waals surface area contributed by atoms with Crippen LogP contribution >= 0.6 is 11.6 Å². The number of nitrogens with two attached hydrogens (primary N) is 1. The molecule has 1 atom stereocenters. The first-order valence-corrected chi connectivity index (χ1v) is 6.56. The summed E-state index contributed by atoms with van der Waals surface area (Å²) in [5.74, 6) is 0.173. The molecule has 4 heteroatoms. The maximum atomic E-state index is 13.0. The Morgan fingerprint density at radius 1 is 1.44 bits per heavy atom. The van der Waals surface area contributed by atoms with Crippen molar-refractivity contribution in [1.29, 1.82) is 0 Å². The second kappa shape index (κ2) is 7.49. The van der Waals surface area contributed by atoms with Gasteiger partial charge in [0.15, 0.2) is 0 Å². The predicted octanol–water partition coefficient (Wildman–Crippen LogP) is 3.36. The highest BCUT2D eigenvalue weighted by molar-refractivity contribution is 6.31. The van der Waals surface area contributed by atoms with Crippen LogP contribution in [0.2, 0.25) is 5.02 Å². The van der Waals surface area contributed by atoms with E-state index in [0.29, 0.717) is 29.5 Å². The second-order valence-electron chi connectivity index (χ2n) is 4.67. The van der Waals surface area contributed by atoms with Gasteiger partial charge in [-0.2, -0.15) is 0 Å². The first kappa shape index (κ1) is 15.1. The summed E-state index contributed by atoms with van der Waals surface area (Å²) in [5, 5.41) is 0.444. The lowest BCUT2D eigenvalue weighted by Crippen LogP contribution is -2.09. The van der Waals surface area contributed by atoms with Crippen molar-refractivity contribution < 1.29 is 9.18 Å². The zero-order valence-corrected chi connectivity index (χ0v) is 11.3. The molecule has 0 saturated heterocycles. The van der Waals surface area contributed by atoms with Gasteiger partial charge in [0.05, 0.1) is 0 Å². The Kier molecular flexibility index (Phi) is 6.30. The highest BCUT2D eigenvalue weighted by atomic mass is 35.5. The summed E-state index contributed by atoms with van der Waals surface area (Å²) in [4.78, 5) is 11.8. The number of hydrogen-bond acceptors (Lipinski definition) is 2. The Hall–Kier alpha value is -0.930. The van der Waals surface area contributed by atoms with Crippen molar-refractivity contribution >= 4 is 17.4 Å². The van der Waals surface area contributed by atoms with Crippen LogP contribution in [0.4, 0.5) is 4.39 Å². The largest absolute Gasteiger partial charge is 0.330 e. The van der Waals surface area contributed by atoms with Crippen LogP contribution in [-0.2, 0) is 11.2 Å². The number of hydrogen-bond donors (Lipinski definition) is 1. The predicted molar refractivity (Wildman–Crippen MR) is 72.2 cm³/mol. The van der Waals surface area contributed by atoms with Crippen molar-refractivity contribution in [3.05, 3.63) is 34.6 Å². The molecule has 2 nitrogen and oxygen atoms in total. The lowest BCUT2D eigenvalue weighted by molar-refractivity contribution is -0.118. The van der Waals surface area contributed by atoms with Gasteiger partial charge in [-0.15, -0.1) is 0 Å². The zero-order valence-electron chi connectivity index (χ0n) is 10.6. The first-order chi connectivity index (χ1) is 8.52. The minimum Gasteiger partial charge on any atom is -0.330 e. The molecule has 0 spiro atoms. The van der Waals surface area contributed by atoms with Crippen LogP contribution in [0.5, 0.6) is 0 Å². The van der Waals surface area contributed by atoms with E-state index in [-0.39, 0.29) is 18.0 Å². The molecule has 0 aliphatic heterocycles. The number of rotatable bonds is 7. The number of carbonyl (C=O) groups is 1. The van der Waals surface area contributed by atoms with E-state index < -0.39 is 0 Å². The molecule has 1 unspecified atom stereocenters. The van der Waals surface area contributed by atoms with Crippen molar-refractivity contribution in [3.63, 3.8) is 0 Å². The van der Waals surface area contributed by atoms with E-state index in [1.54, 1.807) is 0 Å². The van der Waals surface area contributed by atoms with Crippen LogP contribution in [-0.4, -0.2) is 12.3 Å². The number of benzene rings is 1. The van der Waals surface area contributed by atoms with Crippen LogP contribution in [0, 0.1) is 11.7 Å². The third kappa shape index (κ3) is 5.15. The number of Topliss-reactive ketones (excluding diaryl/α,β-unsaturated/α-hetero) is 1. The Morgan fingerprint density at radius 2 is 2.17 bits per heavy atom. The Balaban J connectivity index is 2.47. The molecular formula is C14H19ClFNO. The van der Waals surface area contributed by atoms with E-state index in [1.165, 1.54) is 18.2 Å². The van der Waals surface area contributed by atoms with Crippen molar-refractivity contribution in [2.24, 2.45) is 11.7 Å². The van der Waals surface area contributed by atoms with Gasteiger partial charge in [-0.25, -0.2) is 4.39 Å². The summed E-state index contributed by atoms with van der Waals surface area (Å²) in [6.45, 7) is 2.72. The fourth-order valence-electron chi connectivity index (χ4n) is 1.82. The quantitative estimate of drug-likeness (QED) is 0.826. The standard InChI is InChI=1S/C14H19ClFNO/c1-10(6-7-17)2-4-13(18)9-11-8-12(16)3-5-14(11)15/h3,5,8,10H,2,4,6-7,9,17H2,1H3. The van der Waals surface area contributed by atoms with Crippen LogP contribution in [0.15, 0.2) is 18.2 Å². The summed E-state index contributed by atoms with van der Waals surface area (Å²) in [6.07, 6.45) is 2.44. The van der Waals surface area contributed by atoms with Gasteiger partial charge in [-0.3, -0.25) is 4.79 Å². The lowest BCUT2D eigenvalue weighted by Gasteiger charge is -2.09. The van der Waals surface area contributed by atoms with Gasteiger partial charge in [-0.05, 0) is 49.1 Å². The molecule has 0 heterocycles. The van der Waals surface area contributed by atoms with Gasteiger partial charge >= 0.3 is 0 Å². The molecule has 0 amide bonds. The second-order valence-corrected chi connectivity index (χ2v) is 5.08. The van der Waals surface area contributed by atoms with Crippen LogP contribution in [0.3, 0.4) is 0 Å². The molecule has 0 aromatic heterocycles. The number of halogens is 2. The molecule has 2 N–H and O–H groups in total. The van der Waals surface area contributed by atoms with Crippen molar-refractivity contribution in [2.45, 2.75) is 32.6 Å². The summed E-state index contributed by atoms with van der Waals surface area (Å²) in [7, 11) is 0. The van der Waals surface area contributed by atoms with E-state index in [1.807, 2.05) is 0 Å². The van der Waals surface area contributed by atoms with E-state index in [0.717, 1.165) is 12.8 Å². The Labute approximate surface area is 112 Å². The van der Waals surface area contributed by atoms with Crippen LogP contribution in [0.1, 0.15) is 31.7 Å². The summed E-state index contributed by atoms with van der Waals surface area (Å²) >= 11 is 5.92. The third-order valence-electron chi connectivity index (χ3n) is 2.97. The Morgan fingerprint density at radius 3 is 2.83 bits per heavy atom. The van der Waals surface area contributed by atoms with Crippen molar-refractivity contribution in [2.75, 3.05) is 6.54 Å². The first-order valence-electron chi connectivity index (χ1n) is 6.18. The molecule has 0 aliphatic carbocycles. The molecule has 18 heavy (non-hydrogen) atoms. The van der Waals surface area contributed by atoms with Gasteiger partial charge in [0, 0.05) is 17.9 Å². The summed E-state index contributed by atoms with van der Waals surface area (Å²) < 4.78 is 13.0. The van der Waals surface area contributed by atoms with Gasteiger partial charge in [-0.1, -0.05) is 18.5 Å². The fraction of sp³-hybridized carbons (Fsp3) is 0.500. The highest BCUT2D eigenvalue weighted by Crippen LogP contribution is 2.19. The van der Waals surface area contributed by atoms with E-state index in [2.05, 4.69) is 6.92 Å². The van der Waals surface area contributed by atoms with Crippen LogP contribution in [0.25, 0.3) is 0 Å². The van der Waals surface area contributed by atoms with Crippen molar-refractivity contribution in [3.8, 4) is 0 Å². The fourth-order valence-corrected chi connectivity index (χ4v) is 2.00. The molecule has 1 aromatic rings. The van der Waals surface area contributed by atoms with E-state index >= 15 is 0 Å². The topological polar surface area (TPSA) is 43.1 Å². The molecule has 0 aliphatic rings. The van der Waals surface area contributed by atoms with Gasteiger partial charge in [0.1, 0.15) is 11.6 Å². The molecule has 100 valence electrons.